The van der Waals surface area contributed by atoms with Gasteiger partial charge in [0.25, 0.3) is 0 Å². The summed E-state index contributed by atoms with van der Waals surface area (Å²) in [5.74, 6) is 0.463. The van der Waals surface area contributed by atoms with E-state index in [1.807, 2.05) is 41.5 Å². The monoisotopic (exact) mass is 1180 g/mol. The Kier molecular flexibility index (Phi) is 116. The number of carbonyl (C=O) groups excluding carboxylic acids is 1. The molecule has 0 fully saturated rings. The van der Waals surface area contributed by atoms with Crippen molar-refractivity contribution in [2.45, 2.75) is 65.9 Å². The van der Waals surface area contributed by atoms with Gasteiger partial charge in [0.05, 0.1) is 15.9 Å². The summed E-state index contributed by atoms with van der Waals surface area (Å²) in [6.07, 6.45) is 0. The molecule has 8 nitrogen and oxygen atoms in total. The first-order chi connectivity index (χ1) is 13.0. The van der Waals surface area contributed by atoms with Crippen molar-refractivity contribution < 1.29 is 279 Å². The van der Waals surface area contributed by atoms with Crippen molar-refractivity contribution in [3.63, 3.8) is 0 Å². The maximum atomic E-state index is 10.5. The van der Waals surface area contributed by atoms with E-state index in [4.69, 9.17) is 12.2 Å². The molecule has 0 aromatic carbocycles. The fraction of sp³-hybridized carbons (Fsp3) is 0.889. The van der Waals surface area contributed by atoms with Crippen LogP contribution in [0, 0.1) is 11.8 Å². The van der Waals surface area contributed by atoms with E-state index in [1.54, 1.807) is 27.9 Å². The minimum absolute atomic E-state index is 0. The summed E-state index contributed by atoms with van der Waals surface area (Å²) in [5.41, 5.74) is 0. The van der Waals surface area contributed by atoms with Crippen LogP contribution in [-0.2, 0) is 287 Å². The molecule has 0 aromatic heterocycles. The smallest absolute Gasteiger partial charge is 0.0743 e. The molecule has 0 aliphatic heterocycles. The number of amides is 1. The van der Waals surface area contributed by atoms with Crippen LogP contribution in [-0.4, -0.2) is 62.2 Å². The van der Waals surface area contributed by atoms with Gasteiger partial charge in [0.2, 0.25) is 0 Å². The molecule has 0 saturated carbocycles. The molecule has 1 amide bonds. The molecule has 0 heterocycles. The summed E-state index contributed by atoms with van der Waals surface area (Å²) >= 11 is 4.81. The van der Waals surface area contributed by atoms with Gasteiger partial charge in [-0.05, 0) is 11.8 Å². The maximum Gasteiger partial charge on any atom is 0.0743 e. The number of hydrogen-bond acceptors (Lipinski definition) is 5. The average molecular weight is 1180 g/mol. The van der Waals surface area contributed by atoms with Gasteiger partial charge in [0.15, 0.2) is 0 Å². The third-order valence-corrected chi connectivity index (χ3v) is 6.38. The van der Waals surface area contributed by atoms with Gasteiger partial charge >= 0.3 is 0 Å². The predicted octanol–water partition coefficient (Wildman–Crippen LogP) is 4.92. The first-order valence-corrected chi connectivity index (χ1v) is 12.3. The molecule has 1 atom stereocenters. The van der Waals surface area contributed by atoms with E-state index in [0.717, 1.165) is 4.99 Å². The Labute approximate surface area is 438 Å². The summed E-state index contributed by atoms with van der Waals surface area (Å²) in [7, 11) is 2.03. The molecule has 1 unspecified atom stereocenters. The number of sulfonamides is 1. The minimum atomic E-state index is -3.11. The average Bonchev–Trinajstić information content (AvgIpc) is 2.66. The van der Waals surface area contributed by atoms with Gasteiger partial charge in [0.1, 0.15) is 0 Å². The first kappa shape index (κ1) is 80.1. The van der Waals surface area contributed by atoms with Crippen LogP contribution in [0.1, 0.15) is 55.4 Å². The normalized spacial score (nSPS) is 8.97. The fourth-order valence-corrected chi connectivity index (χ4v) is 1.78. The Balaban J connectivity index is -0.0000000210. The second kappa shape index (κ2) is 53.7. The second-order valence-corrected chi connectivity index (χ2v) is 11.3. The van der Waals surface area contributed by atoms with Gasteiger partial charge in [-0.1, -0.05) is 71.4 Å². The molecule has 0 bridgehead atoms. The maximum absolute atomic E-state index is 10.5. The molecule has 19 heteroatoms. The summed E-state index contributed by atoms with van der Waals surface area (Å²) in [6.45, 7) is 14.7. The zero-order valence-electron chi connectivity index (χ0n) is 24.6. The quantitative estimate of drug-likeness (QED) is 0.350. The van der Waals surface area contributed by atoms with Gasteiger partial charge in [-0.15, -0.1) is 26.3 Å². The topological polar surface area (TPSA) is 125 Å². The van der Waals surface area contributed by atoms with Gasteiger partial charge in [-0.25, -0.2) is 8.42 Å². The Bertz CT molecular complexity index is 530. The summed E-state index contributed by atoms with van der Waals surface area (Å²) in [4.78, 5) is 11.2. The molecule has 8 radical (unpaired) electrons. The van der Waals surface area contributed by atoms with Crippen LogP contribution in [0.2, 0.25) is 0 Å². The Morgan fingerprint density at radius 2 is 1.00 bits per heavy atom. The van der Waals surface area contributed by atoms with Crippen LogP contribution in [0.5, 0.6) is 0 Å². The Morgan fingerprint density at radius 3 is 1.00 bits per heavy atom. The zero-order chi connectivity index (χ0) is 24.4. The van der Waals surface area contributed by atoms with Crippen LogP contribution < -0.4 is 0 Å². The van der Waals surface area contributed by atoms with Crippen molar-refractivity contribution >= 4 is 44.1 Å². The molecular weight excluding hydrogens is 1140 g/mol. The van der Waals surface area contributed by atoms with Crippen LogP contribution in [0.25, 0.3) is 20.1 Å². The largest absolute Gasteiger partial charge is 0.681 e. The van der Waals surface area contributed by atoms with Crippen molar-refractivity contribution in [1.82, 2.24) is 0 Å². The van der Waals surface area contributed by atoms with Crippen molar-refractivity contribution in [1.29, 1.82) is 0 Å². The number of nitrogens with zero attached hydrogens (tertiary/aromatic N) is 4. The molecule has 37 heavy (non-hydrogen) atoms. The third kappa shape index (κ3) is 63.5. The van der Waals surface area contributed by atoms with Crippen molar-refractivity contribution in [2.75, 3.05) is 28.2 Å². The summed E-state index contributed by atoms with van der Waals surface area (Å²) in [6, 6.07) is 0. The third-order valence-electron chi connectivity index (χ3n) is 2.86. The molecule has 202 valence electrons. The molecule has 0 N–H and O–H groups in total. The van der Waals surface area contributed by atoms with Gasteiger partial charge in [-0.3, -0.25) is 4.21 Å². The van der Waals surface area contributed by atoms with Crippen LogP contribution in [0.3, 0.4) is 0 Å². The number of hydrogen-bond donors (Lipinski definition) is 0. The van der Waals surface area contributed by atoms with Crippen LogP contribution >= 0.6 is 12.2 Å². The fourth-order valence-electron chi connectivity index (χ4n) is 0.938. The van der Waals surface area contributed by atoms with Gasteiger partial charge in [0, 0.05) is 272 Å². The molecule has 0 aliphatic carbocycles. The first-order valence-electron chi connectivity index (χ1n) is 9.18. The zero-order valence-corrected chi connectivity index (χ0v) is 49.7. The summed E-state index contributed by atoms with van der Waals surface area (Å²) < 4.78 is 38.3. The molecule has 0 aromatic rings. The van der Waals surface area contributed by atoms with Gasteiger partial charge in [-0.2, -0.15) is 14.1 Å². The standard InChI is InChI=1S/C5H11NO.C5H11NS.C4H10NO2S.C4H10NOS.8Y/c2*1-4(2)5(7)6-3;1-4(2)8(6,7)5-3;1-4(2)7(6)5-3;;;;;;;;/h2*4H,1-3H3,(H,6,7);4H,1-3H3;4H,1-3H3;;;;;;;;/q;;2*-1;;;;;;;;/p-2. The van der Waals surface area contributed by atoms with E-state index >= 15 is 0 Å². The van der Waals surface area contributed by atoms with Gasteiger partial charge < -0.3 is 24.9 Å². The molecular formula is C18H40N4O4S3Y8-4. The predicted molar refractivity (Wildman–Crippen MR) is 132 cm³/mol. The van der Waals surface area contributed by atoms with E-state index in [-0.39, 0.29) is 284 Å². The summed E-state index contributed by atoms with van der Waals surface area (Å²) in [5, 5.41) is 7.06. The second-order valence-electron chi connectivity index (χ2n) is 6.69. The van der Waals surface area contributed by atoms with Crippen molar-refractivity contribution in [3.05, 3.63) is 20.1 Å². The van der Waals surface area contributed by atoms with E-state index in [1.165, 1.54) is 14.1 Å². The number of carbonyl (C=O) groups is 1. The number of thiocarbonyl (C=S) groups is 1. The number of rotatable bonds is 6. The van der Waals surface area contributed by atoms with Crippen LogP contribution in [0.15, 0.2) is 0 Å². The SMILES string of the molecule is C[N-]C(=O)C(C)C.C[N-]C(=S)C(C)C.C[N-]S(=O)(=O)C(C)C.C[N-]S(=O)C(C)C.[Y].[Y].[Y].[Y].[Y].[Y].[Y].[Y]. The van der Waals surface area contributed by atoms with E-state index in [9.17, 15) is 17.4 Å². The molecule has 0 rings (SSSR count). The van der Waals surface area contributed by atoms with Crippen LogP contribution in [0.4, 0.5) is 0 Å². The van der Waals surface area contributed by atoms with E-state index in [2.05, 4.69) is 20.1 Å². The van der Waals surface area contributed by atoms with Crippen molar-refractivity contribution in [3.8, 4) is 0 Å². The molecule has 0 saturated heterocycles. The molecule has 0 aliphatic rings. The Hall–Kier alpha value is 8.21. The minimum Gasteiger partial charge on any atom is -0.681 e. The molecule has 0 spiro atoms. The van der Waals surface area contributed by atoms with Crippen molar-refractivity contribution in [2.24, 2.45) is 11.8 Å². The van der Waals surface area contributed by atoms with E-state index < -0.39 is 21.0 Å². The van der Waals surface area contributed by atoms with E-state index in [0.29, 0.717) is 5.92 Å². The Morgan fingerprint density at radius 1 is 0.676 bits per heavy atom.